The number of aliphatic hydroxyl groups excluding tert-OH is 1. The zero-order chi connectivity index (χ0) is 23.2. The van der Waals surface area contributed by atoms with Gasteiger partial charge in [-0.05, 0) is 81.1 Å². The van der Waals surface area contributed by atoms with E-state index in [0.29, 0.717) is 6.04 Å². The molecular weight excluding hydrogens is 424 g/mol. The van der Waals surface area contributed by atoms with E-state index in [-0.39, 0.29) is 12.6 Å². The van der Waals surface area contributed by atoms with Gasteiger partial charge in [-0.1, -0.05) is 30.3 Å². The number of benzene rings is 2. The molecule has 0 unspecified atom stereocenters. The Morgan fingerprint density at radius 3 is 2.62 bits per heavy atom. The Balaban J connectivity index is 1.08. The lowest BCUT2D eigenvalue weighted by Gasteiger charge is -2.34. The van der Waals surface area contributed by atoms with Gasteiger partial charge in [0.1, 0.15) is 12.7 Å². The van der Waals surface area contributed by atoms with Crippen LogP contribution in [0.3, 0.4) is 0 Å². The summed E-state index contributed by atoms with van der Waals surface area (Å²) < 4.78 is 1.94. The summed E-state index contributed by atoms with van der Waals surface area (Å²) in [4.78, 5) is 6.00. The van der Waals surface area contributed by atoms with Gasteiger partial charge >= 0.3 is 0 Å². The van der Waals surface area contributed by atoms with Crippen LogP contribution in [-0.2, 0) is 12.8 Å². The fourth-order valence-electron chi connectivity index (χ4n) is 5.09. The average Bonchev–Trinajstić information content (AvgIpc) is 3.56. The summed E-state index contributed by atoms with van der Waals surface area (Å²) in [7, 11) is 0. The molecule has 7 heteroatoms. The fourth-order valence-corrected chi connectivity index (χ4v) is 5.09. The van der Waals surface area contributed by atoms with E-state index in [2.05, 4.69) is 74.1 Å². The van der Waals surface area contributed by atoms with Crippen molar-refractivity contribution in [3.8, 4) is 5.69 Å². The number of piperidine rings is 1. The van der Waals surface area contributed by atoms with Crippen LogP contribution < -0.4 is 5.32 Å². The number of aliphatic hydroxyl groups is 1. The molecule has 1 aliphatic heterocycles. The molecule has 5 rings (SSSR count). The smallest absolute Gasteiger partial charge is 0.123 e. The maximum absolute atomic E-state index is 9.84. The van der Waals surface area contributed by atoms with E-state index in [0.717, 1.165) is 57.4 Å². The number of fused-ring (bicyclic) bond motifs is 1. The number of aryl methyl sites for hydroxylation is 1. The number of hydrogen-bond donors (Lipinski definition) is 3. The second kappa shape index (κ2) is 11.0. The van der Waals surface area contributed by atoms with Gasteiger partial charge in [-0.3, -0.25) is 4.57 Å². The van der Waals surface area contributed by atoms with E-state index in [1.807, 2.05) is 10.6 Å². The van der Waals surface area contributed by atoms with E-state index >= 15 is 0 Å². The van der Waals surface area contributed by atoms with Crippen molar-refractivity contribution in [3.05, 3.63) is 78.5 Å². The first-order chi connectivity index (χ1) is 16.8. The number of rotatable bonds is 10. The maximum atomic E-state index is 9.84. The van der Waals surface area contributed by atoms with Crippen molar-refractivity contribution in [3.63, 3.8) is 0 Å². The van der Waals surface area contributed by atoms with Crippen molar-refractivity contribution in [1.29, 1.82) is 0 Å². The molecule has 1 fully saturated rings. The topological polar surface area (TPSA) is 82.0 Å². The molecule has 3 heterocycles. The van der Waals surface area contributed by atoms with Gasteiger partial charge in [-0.25, -0.2) is 0 Å². The van der Waals surface area contributed by atoms with E-state index in [9.17, 15) is 5.11 Å². The number of aromatic amines is 1. The molecule has 0 bridgehead atoms. The zero-order valence-electron chi connectivity index (χ0n) is 19.6. The van der Waals surface area contributed by atoms with Crippen LogP contribution in [0.5, 0.6) is 0 Å². The Morgan fingerprint density at radius 2 is 1.85 bits per heavy atom. The normalized spacial score (nSPS) is 16.3. The Morgan fingerprint density at radius 1 is 1.06 bits per heavy atom. The van der Waals surface area contributed by atoms with Crippen LogP contribution in [0.15, 0.2) is 67.4 Å². The molecule has 0 radical (unpaired) electrons. The van der Waals surface area contributed by atoms with Crippen LogP contribution in [0, 0.1) is 0 Å². The van der Waals surface area contributed by atoms with Crippen LogP contribution in [0.4, 0.5) is 0 Å². The number of hydrogen-bond acceptors (Lipinski definition) is 5. The van der Waals surface area contributed by atoms with Crippen molar-refractivity contribution in [2.45, 2.75) is 44.2 Å². The van der Waals surface area contributed by atoms with Gasteiger partial charge in [-0.15, -0.1) is 10.2 Å². The summed E-state index contributed by atoms with van der Waals surface area (Å²) in [6, 6.07) is 17.5. The minimum atomic E-state index is 0.129. The van der Waals surface area contributed by atoms with Crippen molar-refractivity contribution in [1.82, 2.24) is 30.0 Å². The summed E-state index contributed by atoms with van der Waals surface area (Å²) in [5, 5.41) is 22.7. The molecule has 7 nitrogen and oxygen atoms in total. The van der Waals surface area contributed by atoms with Crippen molar-refractivity contribution in [2.75, 3.05) is 26.2 Å². The molecule has 0 saturated carbocycles. The molecule has 1 aliphatic rings. The molecule has 1 atom stereocenters. The largest absolute Gasteiger partial charge is 0.395 e. The Labute approximate surface area is 200 Å². The van der Waals surface area contributed by atoms with E-state index < -0.39 is 0 Å². The highest BCUT2D eigenvalue weighted by Gasteiger charge is 2.21. The standard InChI is InChI=1S/C27H34N6O/c34-18-24(15-21-5-2-1-3-6-21)31-23-10-13-32(14-11-23)12-4-7-22-17-28-27-9-8-25(16-26(22)27)33-19-29-30-20-33/h1-3,5-6,8-9,16-17,19-20,23-24,28,31,34H,4,7,10-15,18H2/t24-/m1/s1. The van der Waals surface area contributed by atoms with Gasteiger partial charge in [0.15, 0.2) is 0 Å². The van der Waals surface area contributed by atoms with E-state index in [4.69, 9.17) is 0 Å². The molecule has 3 N–H and O–H groups in total. The molecule has 1 saturated heterocycles. The molecule has 178 valence electrons. The first kappa shape index (κ1) is 22.8. The number of nitrogens with one attached hydrogen (secondary N) is 2. The SMILES string of the molecule is OC[C@@H](Cc1ccccc1)NC1CCN(CCCc2c[nH]c3ccc(-n4cnnc4)cc23)CC1. The van der Waals surface area contributed by atoms with Crippen molar-refractivity contribution < 1.29 is 5.11 Å². The van der Waals surface area contributed by atoms with Crippen LogP contribution in [0.1, 0.15) is 30.4 Å². The molecule has 0 spiro atoms. The first-order valence-electron chi connectivity index (χ1n) is 12.4. The van der Waals surface area contributed by atoms with Crippen LogP contribution in [-0.4, -0.2) is 68.1 Å². The summed E-state index contributed by atoms with van der Waals surface area (Å²) >= 11 is 0. The monoisotopic (exact) mass is 458 g/mol. The number of H-pyrrole nitrogens is 1. The lowest BCUT2D eigenvalue weighted by Crippen LogP contribution is -2.48. The predicted octanol–water partition coefficient (Wildman–Crippen LogP) is 3.34. The fraction of sp³-hybridized carbons (Fsp3) is 0.407. The number of nitrogens with zero attached hydrogens (tertiary/aromatic N) is 4. The van der Waals surface area contributed by atoms with Gasteiger partial charge < -0.3 is 20.3 Å². The molecule has 0 amide bonds. The van der Waals surface area contributed by atoms with Gasteiger partial charge in [0.05, 0.1) is 6.61 Å². The first-order valence-corrected chi connectivity index (χ1v) is 12.4. The maximum Gasteiger partial charge on any atom is 0.123 e. The molecule has 2 aromatic heterocycles. The molecular formula is C27H34N6O. The van der Waals surface area contributed by atoms with Gasteiger partial charge in [0.25, 0.3) is 0 Å². The zero-order valence-corrected chi connectivity index (χ0v) is 19.6. The van der Waals surface area contributed by atoms with Crippen molar-refractivity contribution in [2.24, 2.45) is 0 Å². The highest BCUT2D eigenvalue weighted by atomic mass is 16.3. The van der Waals surface area contributed by atoms with E-state index in [1.165, 1.54) is 22.0 Å². The minimum Gasteiger partial charge on any atom is -0.395 e. The highest BCUT2D eigenvalue weighted by Crippen LogP contribution is 2.23. The predicted molar refractivity (Wildman–Crippen MR) is 135 cm³/mol. The van der Waals surface area contributed by atoms with Crippen LogP contribution in [0.25, 0.3) is 16.6 Å². The Kier molecular flexibility index (Phi) is 7.34. The second-order valence-electron chi connectivity index (χ2n) is 9.37. The second-order valence-corrected chi connectivity index (χ2v) is 9.37. The molecule has 34 heavy (non-hydrogen) atoms. The number of aromatic nitrogens is 4. The third-order valence-corrected chi connectivity index (χ3v) is 6.99. The van der Waals surface area contributed by atoms with E-state index in [1.54, 1.807) is 12.7 Å². The summed E-state index contributed by atoms with van der Waals surface area (Å²) in [6.07, 6.45) is 11.0. The molecule has 4 aromatic rings. The average molecular weight is 459 g/mol. The lowest BCUT2D eigenvalue weighted by molar-refractivity contribution is 0.170. The minimum absolute atomic E-state index is 0.129. The van der Waals surface area contributed by atoms with Gasteiger partial charge in [0.2, 0.25) is 0 Å². The van der Waals surface area contributed by atoms with Crippen molar-refractivity contribution >= 4 is 10.9 Å². The molecule has 2 aromatic carbocycles. The third-order valence-electron chi connectivity index (χ3n) is 6.99. The Hall–Kier alpha value is -3.00. The molecule has 0 aliphatic carbocycles. The van der Waals surface area contributed by atoms with Crippen LogP contribution in [0.2, 0.25) is 0 Å². The van der Waals surface area contributed by atoms with Gasteiger partial charge in [0, 0.05) is 34.9 Å². The Bertz CT molecular complexity index is 1150. The highest BCUT2D eigenvalue weighted by molar-refractivity contribution is 5.85. The quantitative estimate of drug-likeness (QED) is 0.340. The third kappa shape index (κ3) is 5.55. The summed E-state index contributed by atoms with van der Waals surface area (Å²) in [5.41, 5.74) is 4.90. The summed E-state index contributed by atoms with van der Waals surface area (Å²) in [5.74, 6) is 0. The van der Waals surface area contributed by atoms with Gasteiger partial charge in [-0.2, -0.15) is 0 Å². The summed E-state index contributed by atoms with van der Waals surface area (Å²) in [6.45, 7) is 3.54. The lowest BCUT2D eigenvalue weighted by atomic mass is 10.0. The number of likely N-dealkylation sites (tertiary alicyclic amines) is 1. The van der Waals surface area contributed by atoms with Crippen LogP contribution >= 0.6 is 0 Å².